The number of rotatable bonds is 2. The Morgan fingerprint density at radius 1 is 1.12 bits per heavy atom. The number of halogens is 3. The molecule has 0 aromatic carbocycles. The van der Waals surface area contributed by atoms with Gasteiger partial charge in [-0.2, -0.15) is 18.2 Å². The molecule has 0 saturated carbocycles. The zero-order valence-electron chi connectivity index (χ0n) is 9.43. The van der Waals surface area contributed by atoms with Gasteiger partial charge in [0.1, 0.15) is 12.2 Å². The monoisotopic (exact) mass is 248 g/mol. The molecule has 4 nitrogen and oxygen atoms in total. The highest BCUT2D eigenvalue weighted by Crippen LogP contribution is 2.21. The maximum Gasteiger partial charge on any atom is 0.396 e. The summed E-state index contributed by atoms with van der Waals surface area (Å²) in [5.41, 5.74) is 0. The average molecular weight is 248 g/mol. The molecule has 1 saturated heterocycles. The Labute approximate surface area is 97.2 Å². The van der Waals surface area contributed by atoms with E-state index in [9.17, 15) is 13.2 Å². The molecule has 0 amide bonds. The second kappa shape index (κ2) is 4.93. The summed E-state index contributed by atoms with van der Waals surface area (Å²) in [7, 11) is 0. The highest BCUT2D eigenvalue weighted by molar-refractivity contribution is 5.28. The van der Waals surface area contributed by atoms with Gasteiger partial charge in [-0.05, 0) is 12.8 Å². The molecule has 1 aliphatic heterocycles. The number of nitrogens with one attached hydrogen (secondary N) is 1. The van der Waals surface area contributed by atoms with Gasteiger partial charge in [-0.25, -0.2) is 0 Å². The van der Waals surface area contributed by atoms with E-state index < -0.39 is 12.6 Å². The fourth-order valence-electron chi connectivity index (χ4n) is 1.97. The van der Waals surface area contributed by atoms with Crippen molar-refractivity contribution in [1.29, 1.82) is 0 Å². The van der Waals surface area contributed by atoms with Crippen LogP contribution in [0.25, 0.3) is 0 Å². The van der Waals surface area contributed by atoms with Crippen molar-refractivity contribution in [3.05, 3.63) is 5.82 Å². The molecule has 1 fully saturated rings. The zero-order valence-corrected chi connectivity index (χ0v) is 9.43. The largest absolute Gasteiger partial charge is 0.396 e. The van der Waals surface area contributed by atoms with E-state index in [4.69, 9.17) is 0 Å². The third-order valence-electron chi connectivity index (χ3n) is 2.78. The molecule has 0 unspecified atom stereocenters. The quantitative estimate of drug-likeness (QED) is 0.873. The Hall–Kier alpha value is -1.27. The molecule has 96 valence electrons. The van der Waals surface area contributed by atoms with Crippen molar-refractivity contribution < 1.29 is 13.2 Å². The van der Waals surface area contributed by atoms with Crippen molar-refractivity contribution in [2.24, 2.45) is 0 Å². The first-order valence-electron chi connectivity index (χ1n) is 5.77. The molecule has 7 heteroatoms. The smallest absolute Gasteiger partial charge is 0.340 e. The summed E-state index contributed by atoms with van der Waals surface area (Å²) in [4.78, 5) is 5.85. The minimum Gasteiger partial charge on any atom is -0.340 e. The third-order valence-corrected chi connectivity index (χ3v) is 2.78. The van der Waals surface area contributed by atoms with Crippen LogP contribution in [0.5, 0.6) is 0 Å². The Morgan fingerprint density at radius 3 is 2.35 bits per heavy atom. The number of anilines is 1. The Bertz CT molecular complexity index is 353. The lowest BCUT2D eigenvalue weighted by molar-refractivity contribution is -0.128. The second-order valence-corrected chi connectivity index (χ2v) is 4.28. The summed E-state index contributed by atoms with van der Waals surface area (Å²) in [6, 6.07) is 0. The molecule has 17 heavy (non-hydrogen) atoms. The van der Waals surface area contributed by atoms with Crippen LogP contribution in [0, 0.1) is 0 Å². The van der Waals surface area contributed by atoms with Crippen LogP contribution in [-0.2, 0) is 6.42 Å². The molecule has 2 heterocycles. The highest BCUT2D eigenvalue weighted by Gasteiger charge is 2.30. The van der Waals surface area contributed by atoms with Gasteiger partial charge in [0.25, 0.3) is 0 Å². The van der Waals surface area contributed by atoms with E-state index in [0.717, 1.165) is 38.8 Å². The van der Waals surface area contributed by atoms with Gasteiger partial charge < -0.3 is 4.90 Å². The van der Waals surface area contributed by atoms with E-state index in [-0.39, 0.29) is 5.82 Å². The summed E-state index contributed by atoms with van der Waals surface area (Å²) in [5, 5.41) is 6.21. The van der Waals surface area contributed by atoms with Gasteiger partial charge in [0.2, 0.25) is 5.95 Å². The Morgan fingerprint density at radius 2 is 1.76 bits per heavy atom. The Balaban J connectivity index is 2.01. The molecule has 1 aliphatic rings. The third kappa shape index (κ3) is 3.61. The van der Waals surface area contributed by atoms with E-state index in [1.807, 2.05) is 4.90 Å². The maximum absolute atomic E-state index is 12.2. The van der Waals surface area contributed by atoms with Gasteiger partial charge >= 0.3 is 6.18 Å². The van der Waals surface area contributed by atoms with Crippen molar-refractivity contribution in [2.75, 3.05) is 18.0 Å². The first-order valence-corrected chi connectivity index (χ1v) is 5.77. The van der Waals surface area contributed by atoms with E-state index in [1.54, 1.807) is 0 Å². The first kappa shape index (κ1) is 12.2. The van der Waals surface area contributed by atoms with Crippen molar-refractivity contribution in [3.63, 3.8) is 0 Å². The number of hydrogen-bond donors (Lipinski definition) is 1. The normalized spacial score (nSPS) is 18.2. The van der Waals surface area contributed by atoms with Crippen LogP contribution in [0.2, 0.25) is 0 Å². The van der Waals surface area contributed by atoms with Gasteiger partial charge in [0, 0.05) is 13.1 Å². The van der Waals surface area contributed by atoms with Crippen molar-refractivity contribution in [2.45, 2.75) is 38.3 Å². The standard InChI is InChI=1S/C10H15F3N4/c11-10(12,13)7-8-14-9(16-15-8)17-5-3-1-2-4-6-17/h1-7H2,(H,14,15,16). The van der Waals surface area contributed by atoms with E-state index in [2.05, 4.69) is 15.2 Å². The summed E-state index contributed by atoms with van der Waals surface area (Å²) in [6.07, 6.45) is -0.873. The highest BCUT2D eigenvalue weighted by atomic mass is 19.4. The molecule has 1 aromatic heterocycles. The number of aromatic amines is 1. The van der Waals surface area contributed by atoms with Crippen molar-refractivity contribution in [1.82, 2.24) is 15.2 Å². The number of nitrogens with zero attached hydrogens (tertiary/aromatic N) is 3. The molecule has 1 aromatic rings. The van der Waals surface area contributed by atoms with E-state index in [1.165, 1.54) is 0 Å². The Kier molecular flexibility index (Phi) is 3.54. The minimum atomic E-state index is -4.24. The predicted octanol–water partition coefficient (Wildman–Crippen LogP) is 2.29. The lowest BCUT2D eigenvalue weighted by Crippen LogP contribution is -2.25. The summed E-state index contributed by atoms with van der Waals surface area (Å²) < 4.78 is 36.5. The molecule has 0 spiro atoms. The molecular weight excluding hydrogens is 233 g/mol. The van der Waals surface area contributed by atoms with Crippen molar-refractivity contribution >= 4 is 5.95 Å². The number of aromatic nitrogens is 3. The van der Waals surface area contributed by atoms with Gasteiger partial charge in [-0.1, -0.05) is 12.8 Å². The first-order chi connectivity index (χ1) is 8.04. The molecule has 1 N–H and O–H groups in total. The molecule has 0 radical (unpaired) electrons. The molecule has 0 aliphatic carbocycles. The molecule has 2 rings (SSSR count). The van der Waals surface area contributed by atoms with Crippen LogP contribution >= 0.6 is 0 Å². The lowest BCUT2D eigenvalue weighted by atomic mass is 10.2. The second-order valence-electron chi connectivity index (χ2n) is 4.28. The lowest BCUT2D eigenvalue weighted by Gasteiger charge is -2.17. The predicted molar refractivity (Wildman–Crippen MR) is 56.8 cm³/mol. The van der Waals surface area contributed by atoms with E-state index in [0.29, 0.717) is 5.95 Å². The summed E-state index contributed by atoms with van der Waals surface area (Å²) >= 11 is 0. The van der Waals surface area contributed by atoms with Gasteiger partial charge in [-0.3, -0.25) is 5.10 Å². The van der Waals surface area contributed by atoms with Gasteiger partial charge in [-0.15, -0.1) is 5.10 Å². The van der Waals surface area contributed by atoms with Crippen molar-refractivity contribution in [3.8, 4) is 0 Å². The average Bonchev–Trinajstić information content (AvgIpc) is 2.52. The van der Waals surface area contributed by atoms with Crippen LogP contribution in [0.1, 0.15) is 31.5 Å². The number of alkyl halides is 3. The van der Waals surface area contributed by atoms with Crippen LogP contribution in [0.4, 0.5) is 19.1 Å². The topological polar surface area (TPSA) is 44.8 Å². The fourth-order valence-corrected chi connectivity index (χ4v) is 1.97. The van der Waals surface area contributed by atoms with Crippen LogP contribution < -0.4 is 4.90 Å². The van der Waals surface area contributed by atoms with Gasteiger partial charge in [0.05, 0.1) is 0 Å². The van der Waals surface area contributed by atoms with Crippen LogP contribution in [0.15, 0.2) is 0 Å². The fraction of sp³-hybridized carbons (Fsp3) is 0.800. The number of hydrogen-bond acceptors (Lipinski definition) is 3. The SMILES string of the molecule is FC(F)(F)Cc1nc(N2CCCCCC2)n[nH]1. The molecular formula is C10H15F3N4. The minimum absolute atomic E-state index is 0.114. The van der Waals surface area contributed by atoms with Crippen LogP contribution in [-0.4, -0.2) is 34.4 Å². The zero-order chi connectivity index (χ0) is 12.3. The van der Waals surface area contributed by atoms with Gasteiger partial charge in [0.15, 0.2) is 0 Å². The number of H-pyrrole nitrogens is 1. The summed E-state index contributed by atoms with van der Waals surface area (Å²) in [5.74, 6) is 0.280. The summed E-state index contributed by atoms with van der Waals surface area (Å²) in [6.45, 7) is 1.65. The van der Waals surface area contributed by atoms with Crippen LogP contribution in [0.3, 0.4) is 0 Å². The van der Waals surface area contributed by atoms with E-state index >= 15 is 0 Å². The molecule has 0 atom stereocenters. The maximum atomic E-state index is 12.2. The molecule has 0 bridgehead atoms.